The van der Waals surface area contributed by atoms with Gasteiger partial charge in [-0.3, -0.25) is 9.59 Å². The normalized spacial score (nSPS) is 11.4. The number of hydrogen-bond donors (Lipinski definition) is 2. The van der Waals surface area contributed by atoms with Crippen molar-refractivity contribution >= 4 is 72.8 Å². The van der Waals surface area contributed by atoms with Crippen LogP contribution in [0.25, 0.3) is 49.4 Å². The fourth-order valence-electron chi connectivity index (χ4n) is 5.31. The Morgan fingerprint density at radius 3 is 2.38 bits per heavy atom. The molecule has 3 N–H and O–H groups in total. The average Bonchev–Trinajstić information content (AvgIpc) is 3.71. The van der Waals surface area contributed by atoms with E-state index in [1.54, 1.807) is 59.9 Å². The van der Waals surface area contributed by atoms with Crippen molar-refractivity contribution in [1.82, 2.24) is 4.98 Å². The first-order valence-corrected chi connectivity index (χ1v) is 15.8. The van der Waals surface area contributed by atoms with E-state index in [1.807, 2.05) is 66.0 Å². The summed E-state index contributed by atoms with van der Waals surface area (Å²) in [5, 5.41) is 7.43. The molecule has 0 spiro atoms. The molecule has 3 heterocycles. The highest BCUT2D eigenvalue weighted by Gasteiger charge is 2.23. The highest BCUT2D eigenvalue weighted by atomic mass is 32.1. The van der Waals surface area contributed by atoms with Gasteiger partial charge in [0.25, 0.3) is 5.91 Å². The molecule has 0 unspecified atom stereocenters. The molecule has 0 aliphatic rings. The molecule has 0 fully saturated rings. The third-order valence-electron chi connectivity index (χ3n) is 7.50. The number of benzene rings is 4. The minimum atomic E-state index is -0.418. The van der Waals surface area contributed by atoms with E-state index in [1.165, 1.54) is 12.1 Å². The number of nitrogen functional groups attached to an aromatic ring is 1. The Hall–Kier alpha value is -5.44. The van der Waals surface area contributed by atoms with Crippen molar-refractivity contribution < 1.29 is 14.0 Å². The Morgan fingerprint density at radius 1 is 0.822 bits per heavy atom. The number of allylic oxidation sites excluding steroid dienone is 1. The van der Waals surface area contributed by atoms with Crippen LogP contribution in [0.1, 0.15) is 24.9 Å². The number of halogens is 1. The van der Waals surface area contributed by atoms with Crippen molar-refractivity contribution in [2.75, 3.05) is 11.1 Å². The summed E-state index contributed by atoms with van der Waals surface area (Å²) in [6.45, 7) is 0. The van der Waals surface area contributed by atoms with E-state index in [2.05, 4.69) is 5.32 Å². The lowest BCUT2D eigenvalue weighted by atomic mass is 9.96. The Labute approximate surface area is 266 Å². The van der Waals surface area contributed by atoms with Gasteiger partial charge in [0, 0.05) is 32.6 Å². The molecular formula is C37H24FN3O2S2. The maximum absolute atomic E-state index is 15.2. The molecule has 3 aromatic heterocycles. The SMILES string of the molecule is Nc1c(C(=O)Nc2ccc(C(=O)C=Cc3cccs3)cc2)sc2nc(-c3cccc4ccccc34)cc(-c3ccccc3F)c12. The Bertz CT molecular complexity index is 2250. The predicted octanol–water partition coefficient (Wildman–Crippen LogP) is 9.71. The summed E-state index contributed by atoms with van der Waals surface area (Å²) in [4.78, 5) is 32.9. The molecule has 1 amide bonds. The number of carbonyl (C=O) groups excluding carboxylic acids is 2. The first-order chi connectivity index (χ1) is 22.0. The first-order valence-electron chi connectivity index (χ1n) is 14.1. The van der Waals surface area contributed by atoms with E-state index < -0.39 is 11.7 Å². The van der Waals surface area contributed by atoms with E-state index in [0.717, 1.165) is 32.5 Å². The van der Waals surface area contributed by atoms with Gasteiger partial charge in [-0.25, -0.2) is 9.37 Å². The predicted molar refractivity (Wildman–Crippen MR) is 184 cm³/mol. The van der Waals surface area contributed by atoms with Crippen LogP contribution >= 0.6 is 22.7 Å². The van der Waals surface area contributed by atoms with Gasteiger partial charge >= 0.3 is 0 Å². The highest BCUT2D eigenvalue weighted by molar-refractivity contribution is 7.21. The number of nitrogens with one attached hydrogen (secondary N) is 1. The fraction of sp³-hybridized carbons (Fsp3) is 0. The Balaban J connectivity index is 1.25. The molecule has 4 aromatic carbocycles. The Kier molecular flexibility index (Phi) is 7.51. The largest absolute Gasteiger partial charge is 0.397 e. The average molecular weight is 626 g/mol. The summed E-state index contributed by atoms with van der Waals surface area (Å²) in [6.07, 6.45) is 3.31. The summed E-state index contributed by atoms with van der Waals surface area (Å²) in [7, 11) is 0. The van der Waals surface area contributed by atoms with Crippen LogP contribution in [-0.2, 0) is 0 Å². The second-order valence-corrected chi connectivity index (χ2v) is 12.3. The van der Waals surface area contributed by atoms with Crippen molar-refractivity contribution in [3.8, 4) is 22.4 Å². The fourth-order valence-corrected chi connectivity index (χ4v) is 6.95. The van der Waals surface area contributed by atoms with Crippen LogP contribution in [0.4, 0.5) is 15.8 Å². The number of rotatable bonds is 7. The van der Waals surface area contributed by atoms with Gasteiger partial charge in [-0.05, 0) is 76.3 Å². The van der Waals surface area contributed by atoms with E-state index >= 15 is 4.39 Å². The number of hydrogen-bond acceptors (Lipinski definition) is 6. The highest BCUT2D eigenvalue weighted by Crippen LogP contribution is 2.43. The van der Waals surface area contributed by atoms with Crippen molar-refractivity contribution in [2.45, 2.75) is 0 Å². The zero-order chi connectivity index (χ0) is 30.9. The van der Waals surface area contributed by atoms with Crippen LogP contribution in [0.5, 0.6) is 0 Å². The lowest BCUT2D eigenvalue weighted by Gasteiger charge is -2.11. The second kappa shape index (κ2) is 11.9. The standard InChI is InChI=1S/C37H24FN3O2S2/c38-30-13-4-3-11-27(30)29-21-31(28-12-5-8-22-7-1-2-10-26(22)28)41-37-33(29)34(39)35(45-37)36(43)40-24-16-14-23(15-17-24)32(42)19-18-25-9-6-20-44-25/h1-21H,39H2,(H,40,43). The number of nitrogens with zero attached hydrogens (tertiary/aromatic N) is 1. The van der Waals surface area contributed by atoms with Gasteiger partial charge in [0.15, 0.2) is 5.78 Å². The van der Waals surface area contributed by atoms with E-state index in [9.17, 15) is 9.59 Å². The minimum absolute atomic E-state index is 0.135. The molecule has 0 aliphatic heterocycles. The quantitative estimate of drug-likeness (QED) is 0.136. The number of amides is 1. The lowest BCUT2D eigenvalue weighted by Crippen LogP contribution is -2.12. The molecule has 7 aromatic rings. The molecule has 0 radical (unpaired) electrons. The first kappa shape index (κ1) is 28.3. The molecule has 0 saturated heterocycles. The number of carbonyl (C=O) groups is 2. The summed E-state index contributed by atoms with van der Waals surface area (Å²) in [5.41, 5.74) is 10.4. The minimum Gasteiger partial charge on any atom is -0.397 e. The Morgan fingerprint density at radius 2 is 1.58 bits per heavy atom. The van der Waals surface area contributed by atoms with Gasteiger partial charge in [-0.1, -0.05) is 66.7 Å². The van der Waals surface area contributed by atoms with Crippen molar-refractivity contribution in [3.63, 3.8) is 0 Å². The van der Waals surface area contributed by atoms with Crippen molar-refractivity contribution in [2.24, 2.45) is 0 Å². The van der Waals surface area contributed by atoms with E-state index in [0.29, 0.717) is 38.3 Å². The summed E-state index contributed by atoms with van der Waals surface area (Å²) in [6, 6.07) is 32.9. The molecule has 7 rings (SSSR count). The number of pyridine rings is 1. The number of aromatic nitrogens is 1. The van der Waals surface area contributed by atoms with Gasteiger partial charge in [0.2, 0.25) is 0 Å². The summed E-state index contributed by atoms with van der Waals surface area (Å²) < 4.78 is 15.2. The van der Waals surface area contributed by atoms with Crippen LogP contribution in [0.15, 0.2) is 121 Å². The van der Waals surface area contributed by atoms with Crippen LogP contribution in [-0.4, -0.2) is 16.7 Å². The zero-order valence-electron chi connectivity index (χ0n) is 23.7. The molecule has 8 heteroatoms. The molecule has 0 bridgehead atoms. The molecular weight excluding hydrogens is 602 g/mol. The lowest BCUT2D eigenvalue weighted by molar-refractivity contribution is 0.102. The zero-order valence-corrected chi connectivity index (χ0v) is 25.3. The monoisotopic (exact) mass is 625 g/mol. The third-order valence-corrected chi connectivity index (χ3v) is 9.44. The molecule has 0 aliphatic carbocycles. The summed E-state index contributed by atoms with van der Waals surface area (Å²) >= 11 is 2.71. The molecule has 5 nitrogen and oxygen atoms in total. The van der Waals surface area contributed by atoms with Crippen molar-refractivity contribution in [3.05, 3.63) is 142 Å². The second-order valence-electron chi connectivity index (χ2n) is 10.3. The van der Waals surface area contributed by atoms with Crippen LogP contribution in [0, 0.1) is 5.82 Å². The molecule has 218 valence electrons. The van der Waals surface area contributed by atoms with Crippen LogP contribution in [0.3, 0.4) is 0 Å². The molecule has 45 heavy (non-hydrogen) atoms. The maximum atomic E-state index is 15.2. The molecule has 0 atom stereocenters. The van der Waals surface area contributed by atoms with Gasteiger partial charge in [0.05, 0.1) is 11.4 Å². The van der Waals surface area contributed by atoms with Crippen LogP contribution < -0.4 is 11.1 Å². The van der Waals surface area contributed by atoms with Crippen molar-refractivity contribution in [1.29, 1.82) is 0 Å². The summed E-state index contributed by atoms with van der Waals surface area (Å²) in [5.74, 6) is -0.951. The van der Waals surface area contributed by atoms with Gasteiger partial charge in [-0.2, -0.15) is 0 Å². The topological polar surface area (TPSA) is 85.1 Å². The number of anilines is 2. The number of fused-ring (bicyclic) bond motifs is 2. The van der Waals surface area contributed by atoms with Gasteiger partial charge in [-0.15, -0.1) is 22.7 Å². The molecule has 0 saturated carbocycles. The van der Waals surface area contributed by atoms with Gasteiger partial charge in [0.1, 0.15) is 15.5 Å². The van der Waals surface area contributed by atoms with Gasteiger partial charge < -0.3 is 11.1 Å². The van der Waals surface area contributed by atoms with E-state index in [-0.39, 0.29) is 16.3 Å². The third kappa shape index (κ3) is 5.53. The smallest absolute Gasteiger partial charge is 0.267 e. The van der Waals surface area contributed by atoms with E-state index in [4.69, 9.17) is 10.7 Å². The number of ketones is 1. The van der Waals surface area contributed by atoms with Crippen LogP contribution in [0.2, 0.25) is 0 Å². The number of nitrogens with two attached hydrogens (primary N) is 1. The maximum Gasteiger partial charge on any atom is 0.267 e. The number of thiophene rings is 2.